The molecule has 2 atom stereocenters. The van der Waals surface area contributed by atoms with Crippen LogP contribution in [-0.4, -0.2) is 43.8 Å². The van der Waals surface area contributed by atoms with E-state index in [1.807, 2.05) is 20.8 Å². The number of nitrogens with zero attached hydrogens (tertiary/aromatic N) is 2. The van der Waals surface area contributed by atoms with E-state index in [0.717, 1.165) is 9.87 Å². The molecule has 0 aliphatic rings. The van der Waals surface area contributed by atoms with Crippen LogP contribution in [-0.2, 0) is 26.2 Å². The van der Waals surface area contributed by atoms with Crippen LogP contribution in [0.3, 0.4) is 0 Å². The molecule has 0 aliphatic carbocycles. The Balaban J connectivity index is 2.13. The molecule has 0 saturated heterocycles. The Kier molecular flexibility index (Phi) is 12.0. The number of benzene rings is 3. The lowest BCUT2D eigenvalue weighted by molar-refractivity contribution is -0.140. The molecule has 0 fully saturated rings. The molecule has 0 saturated carbocycles. The van der Waals surface area contributed by atoms with Crippen LogP contribution < -0.4 is 9.62 Å². The Labute approximate surface area is 267 Å². The Morgan fingerprint density at radius 1 is 0.881 bits per heavy atom. The van der Waals surface area contributed by atoms with Gasteiger partial charge in [0.1, 0.15) is 12.6 Å². The van der Waals surface area contributed by atoms with Crippen LogP contribution in [0.15, 0.2) is 65.6 Å². The van der Waals surface area contributed by atoms with Gasteiger partial charge >= 0.3 is 0 Å². The highest BCUT2D eigenvalue weighted by Crippen LogP contribution is 2.31. The van der Waals surface area contributed by atoms with Gasteiger partial charge in [0.2, 0.25) is 11.8 Å². The van der Waals surface area contributed by atoms with Crippen molar-refractivity contribution >= 4 is 73.9 Å². The third kappa shape index (κ3) is 8.32. The third-order valence-electron chi connectivity index (χ3n) is 6.80. The minimum Gasteiger partial charge on any atom is -0.352 e. The normalized spacial score (nSPS) is 12.9. The summed E-state index contributed by atoms with van der Waals surface area (Å²) in [7, 11) is -4.28. The summed E-state index contributed by atoms with van der Waals surface area (Å²) in [6.45, 7) is 6.62. The smallest absolute Gasteiger partial charge is 0.264 e. The molecule has 0 unspecified atom stereocenters. The van der Waals surface area contributed by atoms with Crippen LogP contribution in [0.2, 0.25) is 20.1 Å². The number of halogens is 4. The Bertz CT molecular complexity index is 1490. The summed E-state index contributed by atoms with van der Waals surface area (Å²) in [5.41, 5.74) is 1.39. The van der Waals surface area contributed by atoms with Gasteiger partial charge < -0.3 is 10.2 Å². The molecule has 0 heterocycles. The third-order valence-corrected chi connectivity index (χ3v) is 9.73. The van der Waals surface area contributed by atoms with Gasteiger partial charge in [-0.2, -0.15) is 0 Å². The topological polar surface area (TPSA) is 86.8 Å². The van der Waals surface area contributed by atoms with Crippen molar-refractivity contribution in [2.75, 3.05) is 10.8 Å². The van der Waals surface area contributed by atoms with E-state index in [-0.39, 0.29) is 45.5 Å². The first-order valence-electron chi connectivity index (χ1n) is 13.4. The molecule has 12 heteroatoms. The molecule has 2 amide bonds. The second-order valence-electron chi connectivity index (χ2n) is 9.92. The van der Waals surface area contributed by atoms with E-state index in [1.54, 1.807) is 37.3 Å². The highest BCUT2D eigenvalue weighted by atomic mass is 35.5. The predicted molar refractivity (Wildman–Crippen MR) is 171 cm³/mol. The zero-order chi connectivity index (χ0) is 31.2. The zero-order valence-electron chi connectivity index (χ0n) is 23.7. The fraction of sp³-hybridized carbons (Fsp3) is 0.333. The van der Waals surface area contributed by atoms with Crippen molar-refractivity contribution in [3.63, 3.8) is 0 Å². The summed E-state index contributed by atoms with van der Waals surface area (Å²) < 4.78 is 28.9. The molecular formula is C30H33Cl4N3O4S. The molecule has 3 rings (SSSR count). The number of anilines is 1. The average Bonchev–Trinajstić information content (AvgIpc) is 2.92. The monoisotopic (exact) mass is 671 g/mol. The van der Waals surface area contributed by atoms with Crippen LogP contribution >= 0.6 is 46.4 Å². The minimum absolute atomic E-state index is 0.0285. The largest absolute Gasteiger partial charge is 0.352 e. The quantitative estimate of drug-likeness (QED) is 0.216. The van der Waals surface area contributed by atoms with Crippen molar-refractivity contribution in [1.82, 2.24) is 10.2 Å². The van der Waals surface area contributed by atoms with Gasteiger partial charge in [0.15, 0.2) is 0 Å². The molecule has 0 radical (unpaired) electrons. The first-order chi connectivity index (χ1) is 19.8. The van der Waals surface area contributed by atoms with Gasteiger partial charge in [-0.1, -0.05) is 84.0 Å². The van der Waals surface area contributed by atoms with Gasteiger partial charge in [-0.05, 0) is 69.2 Å². The molecule has 0 aliphatic heterocycles. The molecule has 42 heavy (non-hydrogen) atoms. The Hall–Kier alpha value is -2.49. The molecule has 3 aromatic rings. The number of hydrogen-bond acceptors (Lipinski definition) is 4. The zero-order valence-corrected chi connectivity index (χ0v) is 27.5. The number of nitrogens with one attached hydrogen (secondary N) is 1. The van der Waals surface area contributed by atoms with Gasteiger partial charge in [0.25, 0.3) is 10.0 Å². The van der Waals surface area contributed by atoms with Crippen LogP contribution in [0.25, 0.3) is 0 Å². The summed E-state index contributed by atoms with van der Waals surface area (Å²) in [4.78, 5) is 28.9. The minimum atomic E-state index is -4.28. The highest BCUT2D eigenvalue weighted by Gasteiger charge is 2.34. The first kappa shape index (κ1) is 34.0. The average molecular weight is 673 g/mol. The summed E-state index contributed by atoms with van der Waals surface area (Å²) in [6, 6.07) is 14.4. The summed E-state index contributed by atoms with van der Waals surface area (Å²) in [5.74, 6) is -1.02. The van der Waals surface area contributed by atoms with Crippen LogP contribution in [0.1, 0.15) is 44.7 Å². The number of rotatable bonds is 12. The number of sulfonamides is 1. The van der Waals surface area contributed by atoms with Crippen molar-refractivity contribution in [2.45, 2.75) is 64.1 Å². The summed E-state index contributed by atoms with van der Waals surface area (Å²) in [6.07, 6.45) is 0.939. The van der Waals surface area contributed by atoms with Gasteiger partial charge in [-0.3, -0.25) is 13.9 Å². The lowest BCUT2D eigenvalue weighted by Crippen LogP contribution is -2.53. The molecule has 7 nitrogen and oxygen atoms in total. The summed E-state index contributed by atoms with van der Waals surface area (Å²) >= 11 is 25.4. The second-order valence-corrected chi connectivity index (χ2v) is 13.5. The van der Waals surface area contributed by atoms with Gasteiger partial charge in [0.05, 0.1) is 10.6 Å². The fourth-order valence-corrected chi connectivity index (χ4v) is 6.69. The molecular weight excluding hydrogens is 640 g/mol. The lowest BCUT2D eigenvalue weighted by Gasteiger charge is -2.34. The Morgan fingerprint density at radius 2 is 1.45 bits per heavy atom. The van der Waals surface area contributed by atoms with E-state index in [2.05, 4.69) is 5.32 Å². The molecule has 0 spiro atoms. The predicted octanol–water partition coefficient (Wildman–Crippen LogP) is 7.53. The number of hydrogen-bond donors (Lipinski definition) is 1. The van der Waals surface area contributed by atoms with Gasteiger partial charge in [-0.25, -0.2) is 8.42 Å². The highest BCUT2D eigenvalue weighted by molar-refractivity contribution is 7.92. The summed E-state index contributed by atoms with van der Waals surface area (Å²) in [5, 5.41) is 3.92. The van der Waals surface area contributed by atoms with Crippen molar-refractivity contribution in [3.8, 4) is 0 Å². The van der Waals surface area contributed by atoms with E-state index in [9.17, 15) is 18.0 Å². The number of carbonyl (C=O) groups excluding carboxylic acids is 2. The molecule has 0 bridgehead atoms. The van der Waals surface area contributed by atoms with Crippen LogP contribution in [0.5, 0.6) is 0 Å². The van der Waals surface area contributed by atoms with E-state index in [0.29, 0.717) is 22.0 Å². The number of amides is 2. The van der Waals surface area contributed by atoms with Crippen LogP contribution in [0.4, 0.5) is 5.69 Å². The van der Waals surface area contributed by atoms with Crippen molar-refractivity contribution in [1.29, 1.82) is 0 Å². The van der Waals surface area contributed by atoms with Crippen molar-refractivity contribution < 1.29 is 18.0 Å². The van der Waals surface area contributed by atoms with E-state index >= 15 is 0 Å². The van der Waals surface area contributed by atoms with E-state index < -0.39 is 28.5 Å². The maximum absolute atomic E-state index is 14.2. The number of aryl methyl sites for hydroxylation is 1. The maximum Gasteiger partial charge on any atom is 0.264 e. The van der Waals surface area contributed by atoms with Gasteiger partial charge in [0, 0.05) is 38.2 Å². The maximum atomic E-state index is 14.2. The fourth-order valence-electron chi connectivity index (χ4n) is 4.26. The molecule has 0 aromatic heterocycles. The SMILES string of the molecule is CC[C@H](C)NC(=O)[C@H](CC)N(Cc1c(Cl)cccc1Cl)C(=O)CN(c1cc(Cl)cc(Cl)c1)S(=O)(=O)c1ccc(C)cc1. The second kappa shape index (κ2) is 14.8. The molecule has 226 valence electrons. The lowest BCUT2D eigenvalue weighted by atomic mass is 10.1. The molecule has 1 N–H and O–H groups in total. The van der Waals surface area contributed by atoms with Gasteiger partial charge in [-0.15, -0.1) is 0 Å². The Morgan fingerprint density at radius 3 is 1.98 bits per heavy atom. The van der Waals surface area contributed by atoms with E-state index in [1.165, 1.54) is 35.2 Å². The standard InChI is InChI=1S/C30H33Cl4N3O4S/c1-5-20(4)35-30(39)28(6-2)36(17-25-26(33)8-7-9-27(25)34)29(38)18-37(23-15-21(31)14-22(32)16-23)42(40,41)24-12-10-19(3)11-13-24/h7-16,20,28H,5-6,17-18H2,1-4H3,(H,35,39)/t20-,28-/m0/s1. The molecule has 3 aromatic carbocycles. The van der Waals surface area contributed by atoms with Crippen molar-refractivity contribution in [3.05, 3.63) is 91.9 Å². The first-order valence-corrected chi connectivity index (χ1v) is 16.3. The van der Waals surface area contributed by atoms with Crippen LogP contribution in [0, 0.1) is 6.92 Å². The van der Waals surface area contributed by atoms with Crippen molar-refractivity contribution in [2.24, 2.45) is 0 Å². The number of carbonyl (C=O) groups is 2. The van der Waals surface area contributed by atoms with E-state index in [4.69, 9.17) is 46.4 Å².